The minimum Gasteiger partial charge on any atom is -0.394 e. The summed E-state index contributed by atoms with van der Waals surface area (Å²) in [6.07, 6.45) is 5.15. The van der Waals surface area contributed by atoms with Crippen molar-refractivity contribution in [3.05, 3.63) is 36.3 Å². The maximum atomic E-state index is 9.27. The molecule has 10 nitrogen and oxygen atoms in total. The molecule has 1 atom stereocenters. The Morgan fingerprint density at radius 2 is 1.85 bits per heavy atom. The number of rotatable bonds is 6. The van der Waals surface area contributed by atoms with E-state index in [9.17, 15) is 5.11 Å². The number of fused-ring (bicyclic) bond motifs is 1. The number of ether oxygens (including phenoxy) is 1. The number of hydrogen-bond donors (Lipinski definition) is 3. The number of nitrogens with zero attached hydrogens (tertiary/aromatic N) is 6. The third-order valence-electron chi connectivity index (χ3n) is 5.68. The van der Waals surface area contributed by atoms with E-state index in [2.05, 4.69) is 32.1 Å². The third-order valence-corrected chi connectivity index (χ3v) is 7.01. The van der Waals surface area contributed by atoms with Gasteiger partial charge in [0.2, 0.25) is 5.95 Å². The number of aliphatic hydroxyl groups is 1. The normalized spacial score (nSPS) is 15.0. The lowest BCUT2D eigenvalue weighted by molar-refractivity contribution is 0.122. The largest absolute Gasteiger partial charge is 0.394 e. The van der Waals surface area contributed by atoms with Crippen molar-refractivity contribution in [1.29, 1.82) is 0 Å². The van der Waals surface area contributed by atoms with Crippen LogP contribution in [-0.2, 0) is 4.74 Å². The molecule has 4 aromatic rings. The number of pyridine rings is 1. The molecule has 0 aromatic carbocycles. The minimum atomic E-state index is -0.0634. The van der Waals surface area contributed by atoms with Crippen LogP contribution in [0.4, 0.5) is 17.6 Å². The number of hydrogen-bond acceptors (Lipinski definition) is 11. The molecule has 0 amide bonds. The van der Waals surface area contributed by atoms with Gasteiger partial charge < -0.3 is 25.8 Å². The average molecular weight is 479 g/mol. The van der Waals surface area contributed by atoms with Gasteiger partial charge >= 0.3 is 0 Å². The van der Waals surface area contributed by atoms with Crippen LogP contribution in [0.1, 0.15) is 12.5 Å². The van der Waals surface area contributed by atoms with E-state index in [0.29, 0.717) is 24.6 Å². The highest BCUT2D eigenvalue weighted by atomic mass is 32.1. The first-order valence-electron chi connectivity index (χ1n) is 11.1. The monoisotopic (exact) mass is 478 g/mol. The molecule has 1 saturated heterocycles. The maximum Gasteiger partial charge on any atom is 0.219 e. The Morgan fingerprint density at radius 1 is 1.12 bits per heavy atom. The summed E-state index contributed by atoms with van der Waals surface area (Å²) in [4.78, 5) is 25.9. The molecule has 0 saturated carbocycles. The van der Waals surface area contributed by atoms with Crippen molar-refractivity contribution in [2.45, 2.75) is 19.9 Å². The Morgan fingerprint density at radius 3 is 2.53 bits per heavy atom. The molecule has 1 fully saturated rings. The number of aryl methyl sites for hydroxylation is 1. The first kappa shape index (κ1) is 22.4. The maximum absolute atomic E-state index is 9.27. The molecule has 34 heavy (non-hydrogen) atoms. The van der Waals surface area contributed by atoms with E-state index in [4.69, 9.17) is 20.4 Å². The lowest BCUT2D eigenvalue weighted by atomic mass is 10.1. The van der Waals surface area contributed by atoms with Crippen molar-refractivity contribution in [1.82, 2.24) is 24.9 Å². The molecule has 11 heteroatoms. The van der Waals surface area contributed by atoms with E-state index < -0.39 is 0 Å². The zero-order chi connectivity index (χ0) is 23.7. The summed E-state index contributed by atoms with van der Waals surface area (Å²) >= 11 is 1.67. The molecule has 0 spiro atoms. The molecular formula is C23H26N8O2S. The number of anilines is 3. The fourth-order valence-electron chi connectivity index (χ4n) is 3.83. The molecule has 1 aliphatic rings. The van der Waals surface area contributed by atoms with Gasteiger partial charge in [0.1, 0.15) is 5.82 Å². The van der Waals surface area contributed by atoms with Crippen LogP contribution in [0.3, 0.4) is 0 Å². The topological polar surface area (TPSA) is 135 Å². The third kappa shape index (κ3) is 4.37. The lowest BCUT2D eigenvalue weighted by Crippen LogP contribution is -2.36. The molecule has 1 aliphatic heterocycles. The molecule has 1 unspecified atom stereocenters. The van der Waals surface area contributed by atoms with Crippen LogP contribution in [0.2, 0.25) is 0 Å². The highest BCUT2D eigenvalue weighted by Crippen LogP contribution is 2.42. The Hall–Kier alpha value is -3.41. The predicted molar refractivity (Wildman–Crippen MR) is 134 cm³/mol. The van der Waals surface area contributed by atoms with Gasteiger partial charge in [-0.2, -0.15) is 0 Å². The molecule has 0 bridgehead atoms. The van der Waals surface area contributed by atoms with E-state index in [0.717, 1.165) is 50.9 Å². The number of nitrogen functional groups attached to an aromatic ring is 1. The van der Waals surface area contributed by atoms with Gasteiger partial charge in [0, 0.05) is 48.2 Å². The second kappa shape index (κ2) is 9.45. The molecule has 0 radical (unpaired) electrons. The zero-order valence-corrected chi connectivity index (χ0v) is 19.8. The summed E-state index contributed by atoms with van der Waals surface area (Å²) in [5.41, 5.74) is 9.37. The first-order chi connectivity index (χ1) is 16.5. The van der Waals surface area contributed by atoms with E-state index in [1.807, 2.05) is 25.3 Å². The molecule has 0 aliphatic carbocycles. The van der Waals surface area contributed by atoms with Crippen LogP contribution in [0.25, 0.3) is 32.0 Å². The Labute approximate surface area is 200 Å². The number of morpholine rings is 1. The van der Waals surface area contributed by atoms with Crippen molar-refractivity contribution in [2.75, 3.05) is 48.9 Å². The minimum absolute atomic E-state index is 0.0449. The lowest BCUT2D eigenvalue weighted by Gasteiger charge is -2.28. The highest BCUT2D eigenvalue weighted by molar-refractivity contribution is 7.23. The van der Waals surface area contributed by atoms with Crippen molar-refractivity contribution >= 4 is 39.1 Å². The smallest absolute Gasteiger partial charge is 0.219 e. The van der Waals surface area contributed by atoms with Gasteiger partial charge in [0.25, 0.3) is 0 Å². The molecule has 4 N–H and O–H groups in total. The standard InChI is InChI=1S/C23H26N8O2S/c1-13(12-32)28-17-4-3-15(9-25-17)19-14(2)18-20(34-19)22(31-5-7-33-8-6-31)30-21(29-18)16-10-26-23(24)27-11-16/h3-4,9-11,13,32H,5-8,12H2,1-2H3,(H,25,28)(H2,24,26,27). The van der Waals surface area contributed by atoms with Gasteiger partial charge in [0.15, 0.2) is 11.6 Å². The van der Waals surface area contributed by atoms with Crippen LogP contribution in [-0.4, -0.2) is 69.0 Å². The SMILES string of the molecule is Cc1c(-c2ccc(NC(C)CO)nc2)sc2c(N3CCOCC3)nc(-c3cnc(N)nc3)nc12. The fourth-order valence-corrected chi connectivity index (χ4v) is 5.09. The van der Waals surface area contributed by atoms with Crippen molar-refractivity contribution in [2.24, 2.45) is 0 Å². The van der Waals surface area contributed by atoms with Crippen LogP contribution in [0.15, 0.2) is 30.7 Å². The van der Waals surface area contributed by atoms with Crippen molar-refractivity contribution in [3.8, 4) is 21.8 Å². The van der Waals surface area contributed by atoms with E-state index >= 15 is 0 Å². The predicted octanol–water partition coefficient (Wildman–Crippen LogP) is 2.73. The molecule has 4 aromatic heterocycles. The molecule has 176 valence electrons. The first-order valence-corrected chi connectivity index (χ1v) is 11.9. The average Bonchev–Trinajstić information content (AvgIpc) is 3.21. The van der Waals surface area contributed by atoms with Crippen LogP contribution in [0, 0.1) is 6.92 Å². The summed E-state index contributed by atoms with van der Waals surface area (Å²) in [7, 11) is 0. The summed E-state index contributed by atoms with van der Waals surface area (Å²) in [6, 6.07) is 3.90. The summed E-state index contributed by atoms with van der Waals surface area (Å²) < 4.78 is 6.59. The van der Waals surface area contributed by atoms with Gasteiger partial charge in [-0.05, 0) is 31.5 Å². The van der Waals surface area contributed by atoms with E-state index in [1.54, 1.807) is 23.7 Å². The van der Waals surface area contributed by atoms with Gasteiger partial charge in [-0.1, -0.05) is 0 Å². The number of aromatic nitrogens is 5. The second-order valence-corrected chi connectivity index (χ2v) is 9.21. The second-order valence-electron chi connectivity index (χ2n) is 8.19. The Bertz CT molecular complexity index is 1290. The molecule has 5 rings (SSSR count). The number of thiophene rings is 1. The summed E-state index contributed by atoms with van der Waals surface area (Å²) in [5, 5.41) is 12.4. The van der Waals surface area contributed by atoms with Crippen LogP contribution < -0.4 is 16.0 Å². The fraction of sp³-hybridized carbons (Fsp3) is 0.348. The Balaban J connectivity index is 1.61. The molecular weight excluding hydrogens is 452 g/mol. The zero-order valence-electron chi connectivity index (χ0n) is 19.0. The van der Waals surface area contributed by atoms with Crippen molar-refractivity contribution in [3.63, 3.8) is 0 Å². The van der Waals surface area contributed by atoms with E-state index in [-0.39, 0.29) is 18.6 Å². The molecule has 5 heterocycles. The van der Waals surface area contributed by atoms with E-state index in [1.165, 1.54) is 0 Å². The van der Waals surface area contributed by atoms with Gasteiger partial charge in [-0.15, -0.1) is 11.3 Å². The van der Waals surface area contributed by atoms with Gasteiger partial charge in [0.05, 0.1) is 35.6 Å². The summed E-state index contributed by atoms with van der Waals surface area (Å²) in [5.74, 6) is 2.40. The Kier molecular flexibility index (Phi) is 6.22. The van der Waals surface area contributed by atoms with Crippen molar-refractivity contribution < 1.29 is 9.84 Å². The number of nitrogens with one attached hydrogen (secondary N) is 1. The number of aliphatic hydroxyl groups excluding tert-OH is 1. The number of nitrogens with two attached hydrogens (primary N) is 1. The van der Waals surface area contributed by atoms with Crippen LogP contribution >= 0.6 is 11.3 Å². The summed E-state index contributed by atoms with van der Waals surface area (Å²) in [6.45, 7) is 6.88. The quantitative estimate of drug-likeness (QED) is 0.379. The van der Waals surface area contributed by atoms with Gasteiger partial charge in [-0.25, -0.2) is 24.9 Å². The van der Waals surface area contributed by atoms with Crippen LogP contribution in [0.5, 0.6) is 0 Å². The van der Waals surface area contributed by atoms with Gasteiger partial charge in [-0.3, -0.25) is 0 Å². The highest BCUT2D eigenvalue weighted by Gasteiger charge is 2.23.